The monoisotopic (exact) mass is 376 g/mol. The number of hydrogen-bond acceptors (Lipinski definition) is 4. The molecule has 4 rings (SSSR count). The van der Waals surface area contributed by atoms with Crippen LogP contribution in [0.1, 0.15) is 22.7 Å². The van der Waals surface area contributed by atoms with Gasteiger partial charge < -0.3 is 9.88 Å². The highest BCUT2D eigenvalue weighted by Gasteiger charge is 2.14. The van der Waals surface area contributed by atoms with Gasteiger partial charge in [-0.25, -0.2) is 9.97 Å². The number of carbonyl (C=O) groups is 1. The van der Waals surface area contributed by atoms with Crippen LogP contribution in [0.15, 0.2) is 60.1 Å². The van der Waals surface area contributed by atoms with Crippen molar-refractivity contribution in [2.45, 2.75) is 26.3 Å². The van der Waals surface area contributed by atoms with E-state index in [1.165, 1.54) is 4.88 Å². The second-order valence-corrected chi connectivity index (χ2v) is 7.49. The van der Waals surface area contributed by atoms with E-state index in [4.69, 9.17) is 4.98 Å². The minimum absolute atomic E-state index is 0.0108. The lowest BCUT2D eigenvalue weighted by Crippen LogP contribution is -2.14. The zero-order valence-corrected chi connectivity index (χ0v) is 15.9. The van der Waals surface area contributed by atoms with Crippen LogP contribution in [0.3, 0.4) is 0 Å². The third kappa shape index (κ3) is 4.06. The Hall–Kier alpha value is -2.99. The van der Waals surface area contributed by atoms with Gasteiger partial charge in [0.1, 0.15) is 11.3 Å². The van der Waals surface area contributed by atoms with Crippen molar-refractivity contribution in [1.29, 1.82) is 0 Å². The number of nitrogens with zero attached hydrogens (tertiary/aromatic N) is 3. The van der Waals surface area contributed by atoms with Crippen LogP contribution in [-0.2, 0) is 17.8 Å². The van der Waals surface area contributed by atoms with Gasteiger partial charge in [0, 0.05) is 29.6 Å². The summed E-state index contributed by atoms with van der Waals surface area (Å²) in [5, 5.41) is 5.03. The van der Waals surface area contributed by atoms with E-state index in [1.807, 2.05) is 49.4 Å². The number of aromatic nitrogens is 3. The lowest BCUT2D eigenvalue weighted by molar-refractivity contribution is -0.116. The van der Waals surface area contributed by atoms with E-state index >= 15 is 0 Å². The molecule has 0 aliphatic heterocycles. The van der Waals surface area contributed by atoms with Crippen LogP contribution in [0.5, 0.6) is 0 Å². The molecule has 0 saturated heterocycles. The largest absolute Gasteiger partial charge is 0.326 e. The number of benzene rings is 1. The van der Waals surface area contributed by atoms with Crippen LogP contribution in [0, 0.1) is 6.92 Å². The molecule has 0 fully saturated rings. The highest BCUT2D eigenvalue weighted by Crippen LogP contribution is 2.19. The van der Waals surface area contributed by atoms with Gasteiger partial charge in [-0.1, -0.05) is 18.2 Å². The van der Waals surface area contributed by atoms with Gasteiger partial charge in [0.05, 0.1) is 6.54 Å². The molecule has 0 unspecified atom stereocenters. The first-order valence-electron chi connectivity index (χ1n) is 8.88. The molecule has 3 heterocycles. The first-order valence-corrected chi connectivity index (χ1v) is 9.76. The Kier molecular flexibility index (Phi) is 4.98. The number of rotatable bonds is 6. The molecule has 0 aliphatic rings. The Morgan fingerprint density at radius 2 is 2.11 bits per heavy atom. The molecular weight excluding hydrogens is 356 g/mol. The van der Waals surface area contributed by atoms with E-state index in [0.29, 0.717) is 12.8 Å². The summed E-state index contributed by atoms with van der Waals surface area (Å²) in [4.78, 5) is 22.8. The summed E-state index contributed by atoms with van der Waals surface area (Å²) in [5.74, 6) is 0.875. The molecular formula is C21H20N4OS. The molecule has 0 radical (unpaired) electrons. The van der Waals surface area contributed by atoms with Gasteiger partial charge in [-0.3, -0.25) is 4.79 Å². The third-order valence-electron chi connectivity index (χ3n) is 4.35. The van der Waals surface area contributed by atoms with Crippen molar-refractivity contribution in [3.05, 3.63) is 76.4 Å². The van der Waals surface area contributed by atoms with E-state index in [9.17, 15) is 4.79 Å². The van der Waals surface area contributed by atoms with Gasteiger partial charge in [-0.2, -0.15) is 0 Å². The number of thiophene rings is 1. The first kappa shape index (κ1) is 17.4. The number of pyridine rings is 1. The topological polar surface area (TPSA) is 59.8 Å². The van der Waals surface area contributed by atoms with Gasteiger partial charge in [0.2, 0.25) is 5.91 Å². The lowest BCUT2D eigenvalue weighted by atomic mass is 10.2. The SMILES string of the molecule is Cc1cccc(NC(=O)CCc2nc3cccnc3n2Cc2cccs2)c1. The van der Waals surface area contributed by atoms with Crippen LogP contribution in [0.2, 0.25) is 0 Å². The Labute approximate surface area is 161 Å². The number of aryl methyl sites for hydroxylation is 2. The van der Waals surface area contributed by atoms with E-state index in [1.54, 1.807) is 17.5 Å². The number of hydrogen-bond donors (Lipinski definition) is 1. The van der Waals surface area contributed by atoms with Crippen molar-refractivity contribution >= 4 is 34.1 Å². The fourth-order valence-corrected chi connectivity index (χ4v) is 3.79. The van der Waals surface area contributed by atoms with Crippen LogP contribution >= 0.6 is 11.3 Å². The second kappa shape index (κ2) is 7.72. The van der Waals surface area contributed by atoms with Gasteiger partial charge in [-0.15, -0.1) is 11.3 Å². The molecule has 6 heteroatoms. The summed E-state index contributed by atoms with van der Waals surface area (Å²) in [7, 11) is 0. The van der Waals surface area contributed by atoms with Gasteiger partial charge >= 0.3 is 0 Å². The molecule has 1 N–H and O–H groups in total. The van der Waals surface area contributed by atoms with Crippen LogP contribution in [0.4, 0.5) is 5.69 Å². The molecule has 4 aromatic rings. The zero-order chi connectivity index (χ0) is 18.6. The fraction of sp³-hybridized carbons (Fsp3) is 0.190. The Morgan fingerprint density at radius 3 is 2.93 bits per heavy atom. The second-order valence-electron chi connectivity index (χ2n) is 6.46. The zero-order valence-electron chi connectivity index (χ0n) is 15.1. The molecule has 0 atom stereocenters. The van der Waals surface area contributed by atoms with Gasteiger partial charge in [0.25, 0.3) is 0 Å². The Balaban J connectivity index is 1.52. The van der Waals surface area contributed by atoms with Crippen LogP contribution in [-0.4, -0.2) is 20.4 Å². The fourth-order valence-electron chi connectivity index (χ4n) is 3.09. The number of amides is 1. The van der Waals surface area contributed by atoms with E-state index in [2.05, 4.69) is 26.3 Å². The summed E-state index contributed by atoms with van der Waals surface area (Å²) in [5.41, 5.74) is 3.67. The summed E-state index contributed by atoms with van der Waals surface area (Å²) in [6.45, 7) is 2.73. The molecule has 0 saturated carbocycles. The summed E-state index contributed by atoms with van der Waals surface area (Å²) in [6, 6.07) is 15.8. The lowest BCUT2D eigenvalue weighted by Gasteiger charge is -2.08. The van der Waals surface area contributed by atoms with Gasteiger partial charge in [0.15, 0.2) is 5.65 Å². The average Bonchev–Trinajstić information content (AvgIpc) is 3.29. The quantitative estimate of drug-likeness (QED) is 0.542. The minimum Gasteiger partial charge on any atom is -0.326 e. The van der Waals surface area contributed by atoms with Crippen LogP contribution < -0.4 is 5.32 Å². The maximum atomic E-state index is 12.4. The van der Waals surface area contributed by atoms with Crippen molar-refractivity contribution in [2.24, 2.45) is 0 Å². The van der Waals surface area contributed by atoms with Crippen molar-refractivity contribution in [3.63, 3.8) is 0 Å². The molecule has 27 heavy (non-hydrogen) atoms. The molecule has 1 aromatic carbocycles. The maximum Gasteiger partial charge on any atom is 0.224 e. The summed E-state index contributed by atoms with van der Waals surface area (Å²) >= 11 is 1.71. The molecule has 1 amide bonds. The Bertz CT molecular complexity index is 1070. The number of imidazole rings is 1. The highest BCUT2D eigenvalue weighted by molar-refractivity contribution is 7.09. The number of nitrogens with one attached hydrogen (secondary N) is 1. The predicted octanol–water partition coefficient (Wildman–Crippen LogP) is 4.42. The van der Waals surface area contributed by atoms with Crippen molar-refractivity contribution in [1.82, 2.24) is 14.5 Å². The number of anilines is 1. The molecule has 0 bridgehead atoms. The minimum atomic E-state index is -0.0108. The first-order chi connectivity index (χ1) is 13.2. The number of carbonyl (C=O) groups excluding carboxylic acids is 1. The maximum absolute atomic E-state index is 12.4. The summed E-state index contributed by atoms with van der Waals surface area (Å²) < 4.78 is 2.11. The third-order valence-corrected chi connectivity index (χ3v) is 5.22. The van der Waals surface area contributed by atoms with E-state index in [0.717, 1.165) is 34.8 Å². The molecule has 5 nitrogen and oxygen atoms in total. The number of fused-ring (bicyclic) bond motifs is 1. The molecule has 136 valence electrons. The smallest absolute Gasteiger partial charge is 0.224 e. The van der Waals surface area contributed by atoms with Crippen molar-refractivity contribution < 1.29 is 4.79 Å². The highest BCUT2D eigenvalue weighted by atomic mass is 32.1. The van der Waals surface area contributed by atoms with E-state index < -0.39 is 0 Å². The van der Waals surface area contributed by atoms with Gasteiger partial charge in [-0.05, 0) is 48.2 Å². The Morgan fingerprint density at radius 1 is 1.19 bits per heavy atom. The molecule has 0 spiro atoms. The molecule has 3 aromatic heterocycles. The van der Waals surface area contributed by atoms with Crippen molar-refractivity contribution in [2.75, 3.05) is 5.32 Å². The standard InChI is InChI=1S/C21H20N4OS/c1-15-5-2-6-16(13-15)23-20(26)10-9-19-24-18-8-3-11-22-21(18)25(19)14-17-7-4-12-27-17/h2-8,11-13H,9-10,14H2,1H3,(H,23,26). The van der Waals surface area contributed by atoms with Crippen molar-refractivity contribution in [3.8, 4) is 0 Å². The molecule has 0 aliphatic carbocycles. The normalized spacial score (nSPS) is 11.0. The van der Waals surface area contributed by atoms with E-state index in [-0.39, 0.29) is 5.91 Å². The summed E-state index contributed by atoms with van der Waals surface area (Å²) in [6.07, 6.45) is 2.73. The van der Waals surface area contributed by atoms with Crippen LogP contribution in [0.25, 0.3) is 11.2 Å². The predicted molar refractivity (Wildman–Crippen MR) is 109 cm³/mol. The average molecular weight is 376 g/mol.